The average molecular weight is 493 g/mol. The lowest BCUT2D eigenvalue weighted by Crippen LogP contribution is -2.47. The largest absolute Gasteiger partial charge is 0.459 e. The molecular formula is C24H36N4O7. The highest BCUT2D eigenvalue weighted by atomic mass is 16.6. The molecule has 0 aromatic heterocycles. The van der Waals surface area contributed by atoms with Gasteiger partial charge in [-0.25, -0.2) is 4.79 Å². The highest BCUT2D eigenvalue weighted by Gasteiger charge is 2.24. The van der Waals surface area contributed by atoms with Crippen molar-refractivity contribution in [1.82, 2.24) is 19.6 Å². The molecule has 0 aliphatic carbocycles. The molecule has 0 N–H and O–H groups in total. The molecule has 194 valence electrons. The molecule has 0 saturated carbocycles. The normalized spacial score (nSPS) is 10.7. The molecule has 0 saturated heterocycles. The molecule has 0 aliphatic rings. The van der Waals surface area contributed by atoms with Gasteiger partial charge in [0.25, 0.3) is 0 Å². The first-order valence-electron chi connectivity index (χ1n) is 11.0. The zero-order valence-corrected chi connectivity index (χ0v) is 21.6. The summed E-state index contributed by atoms with van der Waals surface area (Å²) in [6, 6.07) is 9.13. The number of likely N-dealkylation sites (N-methyl/N-ethyl adjacent to an activating group) is 4. The molecule has 1 aromatic carbocycles. The lowest BCUT2D eigenvalue weighted by Gasteiger charge is -2.26. The van der Waals surface area contributed by atoms with E-state index in [1.807, 2.05) is 30.3 Å². The molecule has 0 bridgehead atoms. The predicted molar refractivity (Wildman–Crippen MR) is 128 cm³/mol. The van der Waals surface area contributed by atoms with E-state index < -0.39 is 35.4 Å². The maximum Gasteiger partial charge on any atom is 0.410 e. The van der Waals surface area contributed by atoms with Crippen LogP contribution in [-0.4, -0.2) is 109 Å². The second-order valence-electron chi connectivity index (χ2n) is 9.23. The van der Waals surface area contributed by atoms with Crippen LogP contribution < -0.4 is 0 Å². The second kappa shape index (κ2) is 13.3. The summed E-state index contributed by atoms with van der Waals surface area (Å²) in [4.78, 5) is 65.9. The lowest BCUT2D eigenvalue weighted by atomic mass is 10.2. The Bertz CT molecular complexity index is 899. The number of benzene rings is 1. The van der Waals surface area contributed by atoms with E-state index in [-0.39, 0.29) is 32.8 Å². The minimum atomic E-state index is -0.669. The Balaban J connectivity index is 2.46. The van der Waals surface area contributed by atoms with Gasteiger partial charge in [-0.3, -0.25) is 19.2 Å². The Morgan fingerprint density at radius 3 is 1.57 bits per heavy atom. The highest BCUT2D eigenvalue weighted by Crippen LogP contribution is 2.07. The maximum atomic E-state index is 12.5. The first kappa shape index (κ1) is 29.4. The molecule has 0 fully saturated rings. The molecule has 11 nitrogen and oxygen atoms in total. The summed E-state index contributed by atoms with van der Waals surface area (Å²) in [5.74, 6) is -1.96. The van der Waals surface area contributed by atoms with Gasteiger partial charge in [0.05, 0.1) is 13.1 Å². The molecule has 1 rings (SSSR count). The van der Waals surface area contributed by atoms with Gasteiger partial charge in [0.15, 0.2) is 0 Å². The minimum absolute atomic E-state index is 0.0771. The third kappa shape index (κ3) is 11.4. The monoisotopic (exact) mass is 492 g/mol. The van der Waals surface area contributed by atoms with Crippen LogP contribution in [0.5, 0.6) is 0 Å². The SMILES string of the molecule is CN(CC(=O)OC(C)(C)C)C(=O)CN(C)C(=O)CN(C)C(=O)CN(C)C(=O)OCc1ccccc1. The molecule has 0 atom stereocenters. The zero-order valence-electron chi connectivity index (χ0n) is 21.6. The fraction of sp³-hybridized carbons (Fsp3) is 0.542. The van der Waals surface area contributed by atoms with Crippen LogP contribution in [0.2, 0.25) is 0 Å². The van der Waals surface area contributed by atoms with Gasteiger partial charge in [-0.1, -0.05) is 30.3 Å². The van der Waals surface area contributed by atoms with E-state index in [9.17, 15) is 24.0 Å². The number of hydrogen-bond acceptors (Lipinski definition) is 7. The van der Waals surface area contributed by atoms with Crippen LogP contribution in [0.15, 0.2) is 30.3 Å². The summed E-state index contributed by atoms with van der Waals surface area (Å²) in [5, 5.41) is 0. The van der Waals surface area contributed by atoms with Gasteiger partial charge in [-0.2, -0.15) is 0 Å². The first-order chi connectivity index (χ1) is 16.2. The number of carbonyl (C=O) groups is 5. The van der Waals surface area contributed by atoms with Crippen LogP contribution in [-0.2, 0) is 35.3 Å². The van der Waals surface area contributed by atoms with Gasteiger partial charge in [-0.05, 0) is 26.3 Å². The molecule has 11 heteroatoms. The van der Waals surface area contributed by atoms with Crippen molar-refractivity contribution < 1.29 is 33.4 Å². The van der Waals surface area contributed by atoms with E-state index in [1.54, 1.807) is 20.8 Å². The van der Waals surface area contributed by atoms with Crippen molar-refractivity contribution in [1.29, 1.82) is 0 Å². The summed E-state index contributed by atoms with van der Waals surface area (Å²) < 4.78 is 10.4. The van der Waals surface area contributed by atoms with Gasteiger partial charge in [0.2, 0.25) is 17.7 Å². The van der Waals surface area contributed by atoms with E-state index in [0.29, 0.717) is 0 Å². The zero-order chi connectivity index (χ0) is 26.8. The average Bonchev–Trinajstić information content (AvgIpc) is 2.76. The number of carbonyl (C=O) groups excluding carboxylic acids is 5. The molecule has 0 unspecified atom stereocenters. The van der Waals surface area contributed by atoms with Gasteiger partial charge in [0.1, 0.15) is 25.3 Å². The van der Waals surface area contributed by atoms with Crippen LogP contribution >= 0.6 is 0 Å². The summed E-state index contributed by atoms with van der Waals surface area (Å²) in [5.41, 5.74) is 0.148. The van der Waals surface area contributed by atoms with Crippen LogP contribution in [0.25, 0.3) is 0 Å². The van der Waals surface area contributed by atoms with Crippen molar-refractivity contribution >= 4 is 29.8 Å². The van der Waals surface area contributed by atoms with Crippen molar-refractivity contribution in [3.8, 4) is 0 Å². The van der Waals surface area contributed by atoms with Crippen LogP contribution in [0, 0.1) is 0 Å². The van der Waals surface area contributed by atoms with Crippen LogP contribution in [0.1, 0.15) is 26.3 Å². The third-order valence-electron chi connectivity index (χ3n) is 4.70. The maximum absolute atomic E-state index is 12.5. The molecular weight excluding hydrogens is 456 g/mol. The Morgan fingerprint density at radius 1 is 0.686 bits per heavy atom. The van der Waals surface area contributed by atoms with Crippen LogP contribution in [0.3, 0.4) is 0 Å². The number of ether oxygens (including phenoxy) is 2. The van der Waals surface area contributed by atoms with Gasteiger partial charge < -0.3 is 29.1 Å². The van der Waals surface area contributed by atoms with E-state index in [4.69, 9.17) is 9.47 Å². The molecule has 0 heterocycles. The first-order valence-corrected chi connectivity index (χ1v) is 11.0. The van der Waals surface area contributed by atoms with Gasteiger partial charge in [0, 0.05) is 28.2 Å². The predicted octanol–water partition coefficient (Wildman–Crippen LogP) is 0.972. The lowest BCUT2D eigenvalue weighted by molar-refractivity contribution is -0.158. The fourth-order valence-corrected chi connectivity index (χ4v) is 2.70. The summed E-state index contributed by atoms with van der Waals surface area (Å²) in [6.45, 7) is 4.17. The number of hydrogen-bond donors (Lipinski definition) is 0. The molecule has 35 heavy (non-hydrogen) atoms. The number of nitrogens with zero attached hydrogens (tertiary/aromatic N) is 4. The number of amides is 4. The van der Waals surface area contributed by atoms with E-state index >= 15 is 0 Å². The number of esters is 1. The summed E-state index contributed by atoms with van der Waals surface area (Å²) in [6.07, 6.45) is -0.669. The van der Waals surface area contributed by atoms with Crippen molar-refractivity contribution in [2.45, 2.75) is 33.0 Å². The minimum Gasteiger partial charge on any atom is -0.459 e. The van der Waals surface area contributed by atoms with E-state index in [2.05, 4.69) is 0 Å². The van der Waals surface area contributed by atoms with Crippen LogP contribution in [0.4, 0.5) is 4.79 Å². The number of rotatable bonds is 10. The van der Waals surface area contributed by atoms with Gasteiger partial charge >= 0.3 is 12.1 Å². The Labute approximate surface area is 206 Å². The Kier molecular flexibility index (Phi) is 11.2. The standard InChI is InChI=1S/C24H36N4O7/c1-24(2,3)35-22(32)16-27(6)20(30)14-25(4)19(29)13-26(5)21(31)15-28(7)23(33)34-17-18-11-9-8-10-12-18/h8-12H,13-17H2,1-7H3. The highest BCUT2D eigenvalue weighted by molar-refractivity contribution is 5.90. The topological polar surface area (TPSA) is 117 Å². The van der Waals surface area contributed by atoms with Crippen molar-refractivity contribution in [2.75, 3.05) is 54.4 Å². The second-order valence-corrected chi connectivity index (χ2v) is 9.23. The molecule has 4 amide bonds. The van der Waals surface area contributed by atoms with E-state index in [1.165, 1.54) is 33.1 Å². The quantitative estimate of drug-likeness (QED) is 0.447. The molecule has 0 radical (unpaired) electrons. The van der Waals surface area contributed by atoms with Crippen molar-refractivity contribution in [3.05, 3.63) is 35.9 Å². The summed E-state index contributed by atoms with van der Waals surface area (Å²) in [7, 11) is 5.71. The Morgan fingerprint density at radius 2 is 1.11 bits per heavy atom. The molecule has 0 aliphatic heterocycles. The van der Waals surface area contributed by atoms with Crippen molar-refractivity contribution in [3.63, 3.8) is 0 Å². The third-order valence-corrected chi connectivity index (χ3v) is 4.70. The summed E-state index contributed by atoms with van der Waals surface area (Å²) >= 11 is 0. The molecule has 1 aromatic rings. The fourth-order valence-electron chi connectivity index (χ4n) is 2.70. The molecule has 0 spiro atoms. The van der Waals surface area contributed by atoms with Gasteiger partial charge in [-0.15, -0.1) is 0 Å². The van der Waals surface area contributed by atoms with E-state index in [0.717, 1.165) is 20.3 Å². The smallest absolute Gasteiger partial charge is 0.410 e. The Hall–Kier alpha value is -3.63. The van der Waals surface area contributed by atoms with Crippen molar-refractivity contribution in [2.24, 2.45) is 0 Å².